The van der Waals surface area contributed by atoms with Crippen LogP contribution < -0.4 is 0 Å². The highest BCUT2D eigenvalue weighted by atomic mass is 16.5. The Morgan fingerprint density at radius 1 is 1.05 bits per heavy atom. The average molecular weight is 267 g/mol. The van der Waals surface area contributed by atoms with Gasteiger partial charge in [0, 0.05) is 18.2 Å². The van der Waals surface area contributed by atoms with Gasteiger partial charge in [-0.15, -0.1) is 0 Å². The Bertz CT molecular complexity index is 664. The second-order valence-corrected chi connectivity index (χ2v) is 4.71. The quantitative estimate of drug-likeness (QED) is 0.698. The summed E-state index contributed by atoms with van der Waals surface area (Å²) in [6.07, 6.45) is 5.53. The molecule has 0 aliphatic heterocycles. The van der Waals surface area contributed by atoms with Crippen LogP contribution >= 0.6 is 0 Å². The van der Waals surface area contributed by atoms with E-state index in [1.165, 1.54) is 0 Å². The summed E-state index contributed by atoms with van der Waals surface area (Å²) in [5.41, 5.74) is 3.08. The fraction of sp³-hybridized carbons (Fsp3) is 0.250. The van der Waals surface area contributed by atoms with Crippen molar-refractivity contribution in [3.8, 4) is 0 Å². The van der Waals surface area contributed by atoms with Gasteiger partial charge in [0.25, 0.3) is 0 Å². The van der Waals surface area contributed by atoms with Crippen LogP contribution in [0.3, 0.4) is 0 Å². The molecule has 0 saturated heterocycles. The molecule has 4 nitrogen and oxygen atoms in total. The van der Waals surface area contributed by atoms with Crippen LogP contribution in [-0.2, 0) is 17.8 Å². The first-order valence-electron chi connectivity index (χ1n) is 6.82. The van der Waals surface area contributed by atoms with E-state index in [9.17, 15) is 0 Å². The summed E-state index contributed by atoms with van der Waals surface area (Å²) in [6.45, 7) is 1.28. The highest BCUT2D eigenvalue weighted by Crippen LogP contribution is 2.12. The van der Waals surface area contributed by atoms with Crippen LogP contribution in [0.4, 0.5) is 0 Å². The van der Waals surface area contributed by atoms with Gasteiger partial charge in [0.05, 0.1) is 29.8 Å². The van der Waals surface area contributed by atoms with Gasteiger partial charge >= 0.3 is 0 Å². The lowest BCUT2D eigenvalue weighted by atomic mass is 10.2. The predicted molar refractivity (Wildman–Crippen MR) is 78.3 cm³/mol. The molecule has 3 rings (SSSR count). The number of hydrogen-bond acceptors (Lipinski definition) is 3. The normalized spacial score (nSPS) is 11.0. The van der Waals surface area contributed by atoms with E-state index in [4.69, 9.17) is 4.74 Å². The number of benzene rings is 1. The summed E-state index contributed by atoms with van der Waals surface area (Å²) in [5, 5.41) is 1.16. The molecule has 0 spiro atoms. The van der Waals surface area contributed by atoms with Gasteiger partial charge in [0.1, 0.15) is 0 Å². The van der Waals surface area contributed by atoms with Crippen molar-refractivity contribution in [2.24, 2.45) is 0 Å². The fourth-order valence-corrected chi connectivity index (χ4v) is 2.15. The molecule has 0 aliphatic rings. The number of hydrogen-bond donors (Lipinski definition) is 1. The number of aryl methyl sites for hydroxylation is 1. The molecule has 102 valence electrons. The number of pyridine rings is 1. The van der Waals surface area contributed by atoms with Crippen molar-refractivity contribution in [1.29, 1.82) is 0 Å². The van der Waals surface area contributed by atoms with E-state index in [0.717, 1.165) is 41.7 Å². The van der Waals surface area contributed by atoms with Crippen molar-refractivity contribution < 1.29 is 4.74 Å². The molecular formula is C16H17N3O. The smallest absolute Gasteiger partial charge is 0.0923 e. The topological polar surface area (TPSA) is 50.8 Å². The second-order valence-electron chi connectivity index (χ2n) is 4.71. The summed E-state index contributed by atoms with van der Waals surface area (Å²) in [5.74, 6) is 0. The molecule has 1 N–H and O–H groups in total. The van der Waals surface area contributed by atoms with E-state index in [2.05, 4.69) is 27.1 Å². The van der Waals surface area contributed by atoms with E-state index in [1.807, 2.05) is 30.5 Å². The minimum atomic E-state index is 0.561. The van der Waals surface area contributed by atoms with Crippen LogP contribution in [0.25, 0.3) is 10.9 Å². The number of rotatable bonds is 6. The van der Waals surface area contributed by atoms with Crippen molar-refractivity contribution in [3.63, 3.8) is 0 Å². The fourth-order valence-electron chi connectivity index (χ4n) is 2.15. The average Bonchev–Trinajstić information content (AvgIpc) is 3.00. The van der Waals surface area contributed by atoms with Gasteiger partial charge in [-0.25, -0.2) is 4.98 Å². The number of para-hydroxylation sites is 1. The zero-order valence-corrected chi connectivity index (χ0v) is 11.2. The Balaban J connectivity index is 1.47. The van der Waals surface area contributed by atoms with Gasteiger partial charge in [-0.2, -0.15) is 0 Å². The first-order valence-corrected chi connectivity index (χ1v) is 6.82. The molecule has 0 atom stereocenters. The number of nitrogens with zero attached hydrogens (tertiary/aromatic N) is 2. The number of aromatic nitrogens is 3. The first-order chi connectivity index (χ1) is 9.92. The van der Waals surface area contributed by atoms with Crippen LogP contribution in [0.2, 0.25) is 0 Å². The molecule has 0 fully saturated rings. The summed E-state index contributed by atoms with van der Waals surface area (Å²) in [4.78, 5) is 11.7. The lowest BCUT2D eigenvalue weighted by molar-refractivity contribution is 0.116. The number of imidazole rings is 1. The maximum atomic E-state index is 5.67. The molecule has 0 aliphatic carbocycles. The van der Waals surface area contributed by atoms with Crippen LogP contribution in [-0.4, -0.2) is 21.6 Å². The van der Waals surface area contributed by atoms with E-state index in [0.29, 0.717) is 6.61 Å². The third-order valence-corrected chi connectivity index (χ3v) is 3.18. The standard InChI is InChI=1S/C16H17N3O/c1-2-6-16-13(4-1)7-8-15(19-16)11-20-9-3-5-14-10-17-12-18-14/h1-2,4,6-8,10,12H,3,5,9,11H2,(H,17,18). The molecule has 0 unspecified atom stereocenters. The predicted octanol–water partition coefficient (Wildman–Crippen LogP) is 3.11. The van der Waals surface area contributed by atoms with Crippen molar-refractivity contribution in [1.82, 2.24) is 15.0 Å². The van der Waals surface area contributed by atoms with Gasteiger partial charge in [0.15, 0.2) is 0 Å². The van der Waals surface area contributed by atoms with Crippen LogP contribution in [0.1, 0.15) is 17.8 Å². The minimum Gasteiger partial charge on any atom is -0.375 e. The maximum absolute atomic E-state index is 5.67. The lowest BCUT2D eigenvalue weighted by Crippen LogP contribution is -1.99. The van der Waals surface area contributed by atoms with Crippen molar-refractivity contribution in [3.05, 3.63) is 60.3 Å². The highest BCUT2D eigenvalue weighted by Gasteiger charge is 1.99. The Morgan fingerprint density at radius 2 is 2.00 bits per heavy atom. The molecular weight excluding hydrogens is 250 g/mol. The molecule has 0 radical (unpaired) electrons. The molecule has 20 heavy (non-hydrogen) atoms. The second kappa shape index (κ2) is 6.30. The lowest BCUT2D eigenvalue weighted by Gasteiger charge is -2.04. The van der Waals surface area contributed by atoms with Gasteiger partial charge in [-0.3, -0.25) is 4.98 Å². The first kappa shape index (κ1) is 12.8. The number of fused-ring (bicyclic) bond motifs is 1. The zero-order valence-electron chi connectivity index (χ0n) is 11.2. The van der Waals surface area contributed by atoms with Gasteiger partial charge in [-0.1, -0.05) is 24.3 Å². The molecule has 0 saturated carbocycles. The monoisotopic (exact) mass is 267 g/mol. The largest absolute Gasteiger partial charge is 0.375 e. The number of ether oxygens (including phenoxy) is 1. The van der Waals surface area contributed by atoms with E-state index < -0.39 is 0 Å². The van der Waals surface area contributed by atoms with Crippen LogP contribution in [0.15, 0.2) is 48.9 Å². The number of aromatic amines is 1. The third kappa shape index (κ3) is 3.22. The maximum Gasteiger partial charge on any atom is 0.0923 e. The van der Waals surface area contributed by atoms with Crippen molar-refractivity contribution in [2.45, 2.75) is 19.4 Å². The SMILES string of the molecule is c1ccc2nc(COCCCc3c[nH]cn3)ccc2c1. The van der Waals surface area contributed by atoms with Crippen molar-refractivity contribution in [2.75, 3.05) is 6.61 Å². The number of H-pyrrole nitrogens is 1. The Kier molecular flexibility index (Phi) is 4.04. The molecule has 2 heterocycles. The van der Waals surface area contributed by atoms with Gasteiger partial charge < -0.3 is 9.72 Å². The van der Waals surface area contributed by atoms with E-state index in [1.54, 1.807) is 6.33 Å². The molecule has 2 aromatic heterocycles. The van der Waals surface area contributed by atoms with Crippen molar-refractivity contribution >= 4 is 10.9 Å². The van der Waals surface area contributed by atoms with Crippen LogP contribution in [0, 0.1) is 0 Å². The summed E-state index contributed by atoms with van der Waals surface area (Å²) < 4.78 is 5.67. The van der Waals surface area contributed by atoms with Gasteiger partial charge in [-0.05, 0) is 25.0 Å². The zero-order chi connectivity index (χ0) is 13.6. The number of nitrogens with one attached hydrogen (secondary N) is 1. The Hall–Kier alpha value is -2.20. The van der Waals surface area contributed by atoms with E-state index >= 15 is 0 Å². The minimum absolute atomic E-state index is 0.561. The molecule has 0 bridgehead atoms. The molecule has 4 heteroatoms. The third-order valence-electron chi connectivity index (χ3n) is 3.18. The van der Waals surface area contributed by atoms with Gasteiger partial charge in [0.2, 0.25) is 0 Å². The van der Waals surface area contributed by atoms with Crippen LogP contribution in [0.5, 0.6) is 0 Å². The summed E-state index contributed by atoms with van der Waals surface area (Å²) >= 11 is 0. The Labute approximate surface area is 117 Å². The molecule has 3 aromatic rings. The highest BCUT2D eigenvalue weighted by molar-refractivity contribution is 5.78. The van der Waals surface area contributed by atoms with E-state index in [-0.39, 0.29) is 0 Å². The molecule has 0 amide bonds. The Morgan fingerprint density at radius 3 is 2.90 bits per heavy atom. The summed E-state index contributed by atoms with van der Waals surface area (Å²) in [7, 11) is 0. The summed E-state index contributed by atoms with van der Waals surface area (Å²) in [6, 6.07) is 12.2. The molecule has 1 aromatic carbocycles.